The van der Waals surface area contributed by atoms with Crippen LogP contribution in [0.5, 0.6) is 0 Å². The molecular weight excluding hydrogens is 290 g/mol. The first-order valence-electron chi connectivity index (χ1n) is 6.73. The summed E-state index contributed by atoms with van der Waals surface area (Å²) in [6, 6.07) is 8.61. The summed E-state index contributed by atoms with van der Waals surface area (Å²) in [4.78, 5) is 0. The van der Waals surface area contributed by atoms with Crippen molar-refractivity contribution in [3.8, 4) is 0 Å². The Morgan fingerprint density at radius 3 is 2.56 bits per heavy atom. The maximum Gasteiger partial charge on any atom is 0.0469 e. The highest BCUT2D eigenvalue weighted by Crippen LogP contribution is 2.15. The second-order valence-electron chi connectivity index (χ2n) is 4.66. The molecule has 1 unspecified atom stereocenters. The molecule has 0 aliphatic rings. The summed E-state index contributed by atoms with van der Waals surface area (Å²) in [5, 5.41) is 3.28. The molecule has 18 heavy (non-hydrogen) atoms. The molecule has 0 fully saturated rings. The van der Waals surface area contributed by atoms with E-state index < -0.39 is 0 Å². The van der Waals surface area contributed by atoms with Gasteiger partial charge in [-0.3, -0.25) is 0 Å². The van der Waals surface area contributed by atoms with Crippen LogP contribution in [0, 0.1) is 5.92 Å². The highest BCUT2D eigenvalue weighted by Gasteiger charge is 2.09. The predicted octanol–water partition coefficient (Wildman–Crippen LogP) is 3.64. The zero-order valence-corrected chi connectivity index (χ0v) is 13.0. The number of ether oxygens (including phenoxy) is 1. The number of nitrogens with one attached hydrogen (secondary N) is 1. The Kier molecular flexibility index (Phi) is 8.31. The molecule has 0 spiro atoms. The van der Waals surface area contributed by atoms with Crippen LogP contribution in [0.15, 0.2) is 28.7 Å². The third-order valence-corrected chi connectivity index (χ3v) is 3.48. The molecule has 0 heterocycles. The molecule has 0 saturated carbocycles. The van der Waals surface area contributed by atoms with Gasteiger partial charge in [0.2, 0.25) is 0 Å². The Labute approximate surface area is 119 Å². The van der Waals surface area contributed by atoms with Crippen LogP contribution >= 0.6 is 15.9 Å². The molecule has 1 rings (SSSR count). The molecule has 1 N–H and O–H groups in total. The van der Waals surface area contributed by atoms with E-state index in [1.165, 1.54) is 5.56 Å². The lowest BCUT2D eigenvalue weighted by molar-refractivity contribution is 0.120. The normalized spacial score (nSPS) is 12.6. The van der Waals surface area contributed by atoms with E-state index in [2.05, 4.69) is 52.4 Å². The molecule has 0 aliphatic heterocycles. The minimum atomic E-state index is 0.646. The standard InChI is InChI=1S/C15H24BrNO/c1-3-9-18-10-8-14(12-17-2)11-13-4-6-15(16)7-5-13/h4-7,14,17H,3,8-12H2,1-2H3. The van der Waals surface area contributed by atoms with Crippen molar-refractivity contribution < 1.29 is 4.74 Å². The highest BCUT2D eigenvalue weighted by atomic mass is 79.9. The Morgan fingerprint density at radius 2 is 1.94 bits per heavy atom. The largest absolute Gasteiger partial charge is 0.381 e. The summed E-state index contributed by atoms with van der Waals surface area (Å²) in [6.07, 6.45) is 3.34. The predicted molar refractivity (Wildman–Crippen MR) is 81.0 cm³/mol. The van der Waals surface area contributed by atoms with E-state index in [4.69, 9.17) is 4.74 Å². The van der Waals surface area contributed by atoms with Crippen LogP contribution in [0.1, 0.15) is 25.3 Å². The Bertz CT molecular complexity index is 313. The second kappa shape index (κ2) is 9.54. The van der Waals surface area contributed by atoms with Crippen LogP contribution in [0.25, 0.3) is 0 Å². The summed E-state index contributed by atoms with van der Waals surface area (Å²) in [5.41, 5.74) is 1.40. The van der Waals surface area contributed by atoms with Crippen LogP contribution in [0.4, 0.5) is 0 Å². The van der Waals surface area contributed by atoms with E-state index in [9.17, 15) is 0 Å². The highest BCUT2D eigenvalue weighted by molar-refractivity contribution is 9.10. The molecule has 2 nitrogen and oxygen atoms in total. The number of hydrogen-bond donors (Lipinski definition) is 1. The van der Waals surface area contributed by atoms with Crippen molar-refractivity contribution in [3.05, 3.63) is 34.3 Å². The lowest BCUT2D eigenvalue weighted by Crippen LogP contribution is -2.22. The molecule has 0 aliphatic carbocycles. The molecular formula is C15H24BrNO. The van der Waals surface area contributed by atoms with Gasteiger partial charge in [0.1, 0.15) is 0 Å². The fraction of sp³-hybridized carbons (Fsp3) is 0.600. The fourth-order valence-electron chi connectivity index (χ4n) is 2.02. The molecule has 102 valence electrons. The van der Waals surface area contributed by atoms with Crippen LogP contribution in [0.2, 0.25) is 0 Å². The maximum atomic E-state index is 5.58. The van der Waals surface area contributed by atoms with Crippen molar-refractivity contribution in [2.45, 2.75) is 26.2 Å². The maximum absolute atomic E-state index is 5.58. The number of rotatable bonds is 9. The molecule has 0 saturated heterocycles. The van der Waals surface area contributed by atoms with Gasteiger partial charge in [0.15, 0.2) is 0 Å². The molecule has 3 heteroatoms. The summed E-state index contributed by atoms with van der Waals surface area (Å²) >= 11 is 3.47. The Balaban J connectivity index is 2.38. The molecule has 0 amide bonds. The minimum Gasteiger partial charge on any atom is -0.381 e. The number of halogens is 1. The average molecular weight is 314 g/mol. The zero-order valence-electron chi connectivity index (χ0n) is 11.4. The van der Waals surface area contributed by atoms with Crippen molar-refractivity contribution in [1.82, 2.24) is 5.32 Å². The molecule has 1 aromatic carbocycles. The third kappa shape index (κ3) is 6.53. The first-order valence-corrected chi connectivity index (χ1v) is 7.52. The van der Waals surface area contributed by atoms with Gasteiger partial charge in [-0.15, -0.1) is 0 Å². The molecule has 1 aromatic rings. The lowest BCUT2D eigenvalue weighted by atomic mass is 9.96. The zero-order chi connectivity index (χ0) is 13.2. The van der Waals surface area contributed by atoms with Gasteiger partial charge in [0, 0.05) is 17.7 Å². The third-order valence-electron chi connectivity index (χ3n) is 2.95. The summed E-state index contributed by atoms with van der Waals surface area (Å²) in [5.74, 6) is 0.646. The van der Waals surface area contributed by atoms with Crippen LogP contribution in [-0.2, 0) is 11.2 Å². The SMILES string of the molecule is CCCOCCC(CNC)Cc1ccc(Br)cc1. The first-order chi connectivity index (χ1) is 8.76. The molecule has 0 aromatic heterocycles. The van der Waals surface area contributed by atoms with Gasteiger partial charge in [-0.1, -0.05) is 35.0 Å². The smallest absolute Gasteiger partial charge is 0.0469 e. The topological polar surface area (TPSA) is 21.3 Å². The van der Waals surface area contributed by atoms with Gasteiger partial charge < -0.3 is 10.1 Å². The monoisotopic (exact) mass is 313 g/mol. The van der Waals surface area contributed by atoms with Gasteiger partial charge in [0.05, 0.1) is 0 Å². The van der Waals surface area contributed by atoms with Gasteiger partial charge in [-0.2, -0.15) is 0 Å². The van der Waals surface area contributed by atoms with Crippen LogP contribution in [-0.4, -0.2) is 26.8 Å². The van der Waals surface area contributed by atoms with Gasteiger partial charge >= 0.3 is 0 Å². The summed E-state index contributed by atoms with van der Waals surface area (Å²) in [6.45, 7) is 4.94. The molecule has 1 atom stereocenters. The van der Waals surface area contributed by atoms with E-state index >= 15 is 0 Å². The molecule has 0 bridgehead atoms. The van der Waals surface area contributed by atoms with Gasteiger partial charge in [0.25, 0.3) is 0 Å². The van der Waals surface area contributed by atoms with E-state index in [0.717, 1.165) is 43.5 Å². The van der Waals surface area contributed by atoms with Crippen molar-refractivity contribution in [2.24, 2.45) is 5.92 Å². The van der Waals surface area contributed by atoms with Gasteiger partial charge in [-0.25, -0.2) is 0 Å². The minimum absolute atomic E-state index is 0.646. The van der Waals surface area contributed by atoms with Crippen LogP contribution < -0.4 is 5.32 Å². The number of hydrogen-bond acceptors (Lipinski definition) is 2. The summed E-state index contributed by atoms with van der Waals surface area (Å²) < 4.78 is 6.72. The van der Waals surface area contributed by atoms with E-state index in [-0.39, 0.29) is 0 Å². The summed E-state index contributed by atoms with van der Waals surface area (Å²) in [7, 11) is 2.02. The van der Waals surface area contributed by atoms with Gasteiger partial charge in [-0.05, 0) is 56.5 Å². The fourth-order valence-corrected chi connectivity index (χ4v) is 2.28. The van der Waals surface area contributed by atoms with Crippen LogP contribution in [0.3, 0.4) is 0 Å². The Morgan fingerprint density at radius 1 is 1.22 bits per heavy atom. The second-order valence-corrected chi connectivity index (χ2v) is 5.57. The quantitative estimate of drug-likeness (QED) is 0.703. The van der Waals surface area contributed by atoms with E-state index in [0.29, 0.717) is 5.92 Å². The van der Waals surface area contributed by atoms with Crippen molar-refractivity contribution in [3.63, 3.8) is 0 Å². The van der Waals surface area contributed by atoms with E-state index in [1.54, 1.807) is 0 Å². The first kappa shape index (κ1) is 15.7. The van der Waals surface area contributed by atoms with Crippen molar-refractivity contribution in [1.29, 1.82) is 0 Å². The number of benzene rings is 1. The lowest BCUT2D eigenvalue weighted by Gasteiger charge is -2.16. The van der Waals surface area contributed by atoms with E-state index in [1.807, 2.05) is 7.05 Å². The van der Waals surface area contributed by atoms with Crippen molar-refractivity contribution in [2.75, 3.05) is 26.8 Å². The average Bonchev–Trinajstić information content (AvgIpc) is 2.37. The van der Waals surface area contributed by atoms with Crippen molar-refractivity contribution >= 4 is 15.9 Å². The Hall–Kier alpha value is -0.380. The molecule has 0 radical (unpaired) electrons.